The predicted molar refractivity (Wildman–Crippen MR) is 52.3 cm³/mol. The summed E-state index contributed by atoms with van der Waals surface area (Å²) in [7, 11) is 0. The summed E-state index contributed by atoms with van der Waals surface area (Å²) in [6.45, 7) is 0. The van der Waals surface area contributed by atoms with E-state index in [0.29, 0.717) is 5.56 Å². The Hall–Kier alpha value is -0.930. The maximum atomic E-state index is 13.0. The summed E-state index contributed by atoms with van der Waals surface area (Å²) in [5.74, 6) is -0.308. The zero-order chi connectivity index (χ0) is 10.1. The van der Waals surface area contributed by atoms with Gasteiger partial charge in [-0.2, -0.15) is 0 Å². The number of rotatable bonds is 0. The summed E-state index contributed by atoms with van der Waals surface area (Å²) in [6.07, 6.45) is 1.90. The van der Waals surface area contributed by atoms with E-state index in [-0.39, 0.29) is 11.9 Å². The average molecular weight is 195 g/mol. The minimum atomic E-state index is -0.719. The molecule has 0 unspecified atom stereocenters. The first-order chi connectivity index (χ1) is 6.68. The van der Waals surface area contributed by atoms with Crippen molar-refractivity contribution in [1.82, 2.24) is 0 Å². The second-order valence-corrected chi connectivity index (χ2v) is 3.84. The van der Waals surface area contributed by atoms with Crippen molar-refractivity contribution in [2.75, 3.05) is 0 Å². The predicted octanol–water partition coefficient (Wildman–Crippen LogP) is 1.52. The first kappa shape index (κ1) is 9.62. The molecule has 76 valence electrons. The molecule has 2 atom stereocenters. The molecule has 0 aromatic heterocycles. The van der Waals surface area contributed by atoms with E-state index in [1.165, 1.54) is 12.1 Å². The summed E-state index contributed by atoms with van der Waals surface area (Å²) in [4.78, 5) is 0. The minimum absolute atomic E-state index is 0.266. The normalized spacial score (nSPS) is 26.8. The first-order valence-electron chi connectivity index (χ1n) is 4.90. The smallest absolute Gasteiger partial charge is 0.123 e. The molecular weight excluding hydrogens is 181 g/mol. The van der Waals surface area contributed by atoms with Crippen molar-refractivity contribution in [2.24, 2.45) is 5.73 Å². The Kier molecular flexibility index (Phi) is 2.52. The van der Waals surface area contributed by atoms with Crippen LogP contribution in [0.2, 0.25) is 0 Å². The first-order valence-corrected chi connectivity index (χ1v) is 4.90. The van der Waals surface area contributed by atoms with E-state index in [4.69, 9.17) is 5.73 Å². The van der Waals surface area contributed by atoms with Crippen molar-refractivity contribution in [3.8, 4) is 0 Å². The molecule has 0 bridgehead atoms. The SMILES string of the molecule is N[C@H]1CCCc2ccc(F)cc2[C@H]1O. The summed E-state index contributed by atoms with van der Waals surface area (Å²) in [6, 6.07) is 4.30. The van der Waals surface area contributed by atoms with E-state index in [9.17, 15) is 9.50 Å². The highest BCUT2D eigenvalue weighted by Gasteiger charge is 2.23. The molecule has 3 N–H and O–H groups in total. The van der Waals surface area contributed by atoms with Gasteiger partial charge in [-0.25, -0.2) is 4.39 Å². The van der Waals surface area contributed by atoms with Crippen LogP contribution in [-0.2, 0) is 6.42 Å². The molecule has 1 aromatic carbocycles. The Balaban J connectivity index is 2.44. The van der Waals surface area contributed by atoms with Gasteiger partial charge in [-0.3, -0.25) is 0 Å². The van der Waals surface area contributed by atoms with Gasteiger partial charge in [0.1, 0.15) is 5.82 Å². The standard InChI is InChI=1S/C11H14FNO/c12-8-5-4-7-2-1-3-10(13)11(14)9(7)6-8/h4-6,10-11,14H,1-3,13H2/t10-,11+/m0/s1. The van der Waals surface area contributed by atoms with Gasteiger partial charge in [0.05, 0.1) is 6.10 Å². The van der Waals surface area contributed by atoms with Crippen LogP contribution in [0.1, 0.15) is 30.1 Å². The maximum Gasteiger partial charge on any atom is 0.123 e. The van der Waals surface area contributed by atoms with E-state index in [0.717, 1.165) is 24.8 Å². The summed E-state index contributed by atoms with van der Waals surface area (Å²) in [5.41, 5.74) is 7.45. The summed E-state index contributed by atoms with van der Waals surface area (Å²) >= 11 is 0. The number of aryl methyl sites for hydroxylation is 1. The third kappa shape index (κ3) is 1.65. The highest BCUT2D eigenvalue weighted by Crippen LogP contribution is 2.28. The number of hydrogen-bond acceptors (Lipinski definition) is 2. The molecule has 0 saturated heterocycles. The number of nitrogens with two attached hydrogens (primary N) is 1. The number of fused-ring (bicyclic) bond motifs is 1. The zero-order valence-corrected chi connectivity index (χ0v) is 7.91. The molecule has 3 heteroatoms. The van der Waals surface area contributed by atoms with Gasteiger partial charge in [-0.15, -0.1) is 0 Å². The van der Waals surface area contributed by atoms with Crippen LogP contribution in [-0.4, -0.2) is 11.1 Å². The Labute approximate surface area is 82.5 Å². The Bertz CT molecular complexity index is 340. The van der Waals surface area contributed by atoms with Crippen LogP contribution >= 0.6 is 0 Å². The number of aliphatic hydroxyl groups is 1. The van der Waals surface area contributed by atoms with Crippen molar-refractivity contribution in [2.45, 2.75) is 31.4 Å². The van der Waals surface area contributed by atoms with E-state index in [1.54, 1.807) is 6.07 Å². The molecule has 14 heavy (non-hydrogen) atoms. The van der Waals surface area contributed by atoms with Gasteiger partial charge in [0.25, 0.3) is 0 Å². The molecule has 1 aliphatic rings. The number of benzene rings is 1. The van der Waals surface area contributed by atoms with Crippen molar-refractivity contribution in [1.29, 1.82) is 0 Å². The lowest BCUT2D eigenvalue weighted by atomic mass is 9.99. The molecule has 1 aliphatic carbocycles. The second kappa shape index (κ2) is 3.67. The lowest BCUT2D eigenvalue weighted by molar-refractivity contribution is 0.144. The monoisotopic (exact) mass is 195 g/mol. The average Bonchev–Trinajstić information content (AvgIpc) is 2.30. The third-order valence-electron chi connectivity index (χ3n) is 2.82. The lowest BCUT2D eigenvalue weighted by Crippen LogP contribution is -2.27. The van der Waals surface area contributed by atoms with Crippen molar-refractivity contribution < 1.29 is 9.50 Å². The molecule has 2 nitrogen and oxygen atoms in total. The summed E-state index contributed by atoms with van der Waals surface area (Å²) < 4.78 is 13.0. The quantitative estimate of drug-likeness (QED) is 0.616. The minimum Gasteiger partial charge on any atom is -0.387 e. The molecule has 0 saturated carbocycles. The largest absolute Gasteiger partial charge is 0.387 e. The van der Waals surface area contributed by atoms with E-state index in [2.05, 4.69) is 0 Å². The Morgan fingerprint density at radius 1 is 1.43 bits per heavy atom. The second-order valence-electron chi connectivity index (χ2n) is 3.84. The fourth-order valence-corrected chi connectivity index (χ4v) is 1.99. The molecule has 0 aliphatic heterocycles. The maximum absolute atomic E-state index is 13.0. The van der Waals surface area contributed by atoms with Crippen LogP contribution in [0.4, 0.5) is 4.39 Å². The molecule has 2 rings (SSSR count). The molecule has 0 spiro atoms. The lowest BCUT2D eigenvalue weighted by Gasteiger charge is -2.17. The van der Waals surface area contributed by atoms with E-state index >= 15 is 0 Å². The van der Waals surface area contributed by atoms with Gasteiger partial charge in [-0.1, -0.05) is 6.07 Å². The fraction of sp³-hybridized carbons (Fsp3) is 0.455. The van der Waals surface area contributed by atoms with Crippen LogP contribution in [0.3, 0.4) is 0 Å². The van der Waals surface area contributed by atoms with E-state index in [1.807, 2.05) is 0 Å². The molecule has 0 heterocycles. The van der Waals surface area contributed by atoms with Crippen molar-refractivity contribution in [3.63, 3.8) is 0 Å². The Morgan fingerprint density at radius 3 is 3.00 bits per heavy atom. The molecule has 0 fully saturated rings. The number of aliphatic hydroxyl groups excluding tert-OH is 1. The molecule has 1 aromatic rings. The highest BCUT2D eigenvalue weighted by atomic mass is 19.1. The summed E-state index contributed by atoms with van der Waals surface area (Å²) in [5, 5.41) is 9.84. The van der Waals surface area contributed by atoms with Gasteiger partial charge >= 0.3 is 0 Å². The van der Waals surface area contributed by atoms with E-state index < -0.39 is 6.10 Å². The van der Waals surface area contributed by atoms with Gasteiger partial charge in [0.15, 0.2) is 0 Å². The van der Waals surface area contributed by atoms with Crippen LogP contribution in [0.15, 0.2) is 18.2 Å². The van der Waals surface area contributed by atoms with Gasteiger partial charge in [0.2, 0.25) is 0 Å². The van der Waals surface area contributed by atoms with Crippen LogP contribution in [0.5, 0.6) is 0 Å². The molecule has 0 radical (unpaired) electrons. The van der Waals surface area contributed by atoms with Crippen LogP contribution in [0, 0.1) is 5.82 Å². The molecule has 0 amide bonds. The number of halogens is 1. The van der Waals surface area contributed by atoms with Gasteiger partial charge in [0, 0.05) is 6.04 Å². The zero-order valence-electron chi connectivity index (χ0n) is 7.91. The van der Waals surface area contributed by atoms with Gasteiger partial charge in [-0.05, 0) is 42.5 Å². The number of hydrogen-bond donors (Lipinski definition) is 2. The van der Waals surface area contributed by atoms with Crippen molar-refractivity contribution >= 4 is 0 Å². The topological polar surface area (TPSA) is 46.2 Å². The van der Waals surface area contributed by atoms with Crippen LogP contribution in [0.25, 0.3) is 0 Å². The fourth-order valence-electron chi connectivity index (χ4n) is 1.99. The molecular formula is C11H14FNO. The van der Waals surface area contributed by atoms with Gasteiger partial charge < -0.3 is 10.8 Å². The third-order valence-corrected chi connectivity index (χ3v) is 2.82. The Morgan fingerprint density at radius 2 is 2.21 bits per heavy atom. The highest BCUT2D eigenvalue weighted by molar-refractivity contribution is 5.31. The van der Waals surface area contributed by atoms with Crippen LogP contribution < -0.4 is 5.73 Å². The van der Waals surface area contributed by atoms with Crippen molar-refractivity contribution in [3.05, 3.63) is 35.1 Å².